The molecule has 0 spiro atoms. The Hall–Kier alpha value is -2.32. The van der Waals surface area contributed by atoms with Crippen molar-refractivity contribution in [1.82, 2.24) is 4.98 Å². The van der Waals surface area contributed by atoms with Crippen molar-refractivity contribution < 1.29 is 4.74 Å². The number of rotatable bonds is 3. The molecule has 2 nitrogen and oxygen atoms in total. The topological polar surface area (TPSA) is 25.0 Å². The molecule has 6 rings (SSSR count). The third-order valence-electron chi connectivity index (χ3n) is 6.97. The molecule has 28 heavy (non-hydrogen) atoms. The Bertz CT molecular complexity index is 1110. The average Bonchev–Trinajstić information content (AvgIpc) is 3.55. The number of aromatic nitrogens is 1. The molecule has 0 atom stereocenters. The Morgan fingerprint density at radius 2 is 1.54 bits per heavy atom. The van der Waals surface area contributed by atoms with Crippen LogP contribution in [-0.4, -0.2) is 18.2 Å². The third kappa shape index (κ3) is 2.91. The highest BCUT2D eigenvalue weighted by molar-refractivity contribution is 6.08. The van der Waals surface area contributed by atoms with E-state index < -0.39 is 0 Å². The fourth-order valence-electron chi connectivity index (χ4n) is 5.09. The molecule has 0 bridgehead atoms. The highest BCUT2D eigenvalue weighted by atomic mass is 16.5. The average molecular weight is 370 g/mol. The molecule has 2 heteroatoms. The lowest BCUT2D eigenvalue weighted by Crippen LogP contribution is -2.18. The van der Waals surface area contributed by atoms with E-state index in [1.54, 1.807) is 5.57 Å². The molecule has 2 aromatic carbocycles. The van der Waals surface area contributed by atoms with Crippen LogP contribution in [0.2, 0.25) is 0 Å². The van der Waals surface area contributed by atoms with Crippen LogP contribution >= 0.6 is 0 Å². The maximum atomic E-state index is 5.53. The minimum absolute atomic E-state index is 0.739. The molecule has 1 aliphatic heterocycles. The first-order chi connectivity index (χ1) is 13.8. The number of benzene rings is 2. The second kappa shape index (κ2) is 6.63. The van der Waals surface area contributed by atoms with Crippen molar-refractivity contribution in [3.05, 3.63) is 65.3 Å². The largest absolute Gasteiger partial charge is 0.381 e. The lowest BCUT2D eigenvalue weighted by molar-refractivity contribution is 0.0749. The first-order valence-corrected chi connectivity index (χ1v) is 10.9. The molecule has 2 heterocycles. The molecule has 3 aliphatic rings. The first kappa shape index (κ1) is 16.6. The number of hydrogen-bond acceptors (Lipinski definition) is 1. The number of nitrogens with one attached hydrogen (secondary N) is 1. The maximum Gasteiger partial charge on any atom is 0.0471 e. The van der Waals surface area contributed by atoms with E-state index in [2.05, 4.69) is 53.5 Å². The number of hydrogen-bond donors (Lipinski definition) is 1. The lowest BCUT2D eigenvalue weighted by Gasteiger charge is -2.26. The summed E-state index contributed by atoms with van der Waals surface area (Å²) in [7, 11) is 0. The van der Waals surface area contributed by atoms with Crippen molar-refractivity contribution >= 4 is 27.4 Å². The van der Waals surface area contributed by atoms with Crippen LogP contribution in [0.25, 0.3) is 27.4 Å². The van der Waals surface area contributed by atoms with Gasteiger partial charge < -0.3 is 9.72 Å². The van der Waals surface area contributed by atoms with Crippen LogP contribution in [0.1, 0.15) is 55.6 Å². The fourth-order valence-corrected chi connectivity index (χ4v) is 5.09. The highest BCUT2D eigenvalue weighted by Crippen LogP contribution is 2.42. The first-order valence-electron chi connectivity index (χ1n) is 10.9. The van der Waals surface area contributed by atoms with Gasteiger partial charge in [-0.1, -0.05) is 29.9 Å². The monoisotopic (exact) mass is 369 g/mol. The van der Waals surface area contributed by atoms with Gasteiger partial charge in [-0.25, -0.2) is 0 Å². The lowest BCUT2D eigenvalue weighted by atomic mass is 9.83. The van der Waals surface area contributed by atoms with E-state index in [0.29, 0.717) is 0 Å². The molecule has 2 aliphatic carbocycles. The van der Waals surface area contributed by atoms with Gasteiger partial charge in [0.25, 0.3) is 0 Å². The number of aromatic amines is 1. The van der Waals surface area contributed by atoms with E-state index >= 15 is 0 Å². The summed E-state index contributed by atoms with van der Waals surface area (Å²) in [6.45, 7) is 1.86. The second-order valence-corrected chi connectivity index (χ2v) is 8.78. The second-order valence-electron chi connectivity index (χ2n) is 8.78. The van der Waals surface area contributed by atoms with Crippen molar-refractivity contribution in [3.8, 4) is 0 Å². The van der Waals surface area contributed by atoms with Crippen molar-refractivity contribution in [2.45, 2.75) is 44.4 Å². The van der Waals surface area contributed by atoms with Gasteiger partial charge in [0.2, 0.25) is 0 Å². The quantitative estimate of drug-likeness (QED) is 0.544. The molecule has 1 saturated heterocycles. The summed E-state index contributed by atoms with van der Waals surface area (Å²) in [4.78, 5) is 3.60. The van der Waals surface area contributed by atoms with Crippen molar-refractivity contribution in [1.29, 1.82) is 0 Å². The van der Waals surface area contributed by atoms with Gasteiger partial charge in [-0.05, 0) is 91.3 Å². The van der Waals surface area contributed by atoms with Crippen molar-refractivity contribution in [2.24, 2.45) is 5.92 Å². The van der Waals surface area contributed by atoms with Crippen LogP contribution < -0.4 is 0 Å². The van der Waals surface area contributed by atoms with E-state index in [9.17, 15) is 0 Å². The number of allylic oxidation sites excluding steroid dienone is 4. The normalized spacial score (nSPS) is 21.1. The van der Waals surface area contributed by atoms with Crippen LogP contribution in [0.4, 0.5) is 0 Å². The van der Waals surface area contributed by atoms with Gasteiger partial charge in [-0.2, -0.15) is 0 Å². The Balaban J connectivity index is 1.36. The molecule has 1 aromatic heterocycles. The van der Waals surface area contributed by atoms with E-state index in [0.717, 1.165) is 31.5 Å². The summed E-state index contributed by atoms with van der Waals surface area (Å²) in [6.07, 6.45) is 12.2. The summed E-state index contributed by atoms with van der Waals surface area (Å²) < 4.78 is 5.53. The van der Waals surface area contributed by atoms with Crippen molar-refractivity contribution in [3.63, 3.8) is 0 Å². The summed E-state index contributed by atoms with van der Waals surface area (Å²) in [5.74, 6) is 1.54. The van der Waals surface area contributed by atoms with Crippen molar-refractivity contribution in [2.75, 3.05) is 13.2 Å². The summed E-state index contributed by atoms with van der Waals surface area (Å²) >= 11 is 0. The minimum atomic E-state index is 0.739. The molecule has 2 fully saturated rings. The Kier molecular flexibility index (Phi) is 3.94. The van der Waals surface area contributed by atoms with E-state index in [1.165, 1.54) is 70.6 Å². The molecular formula is C26H27NO. The number of H-pyrrole nitrogens is 1. The van der Waals surface area contributed by atoms with Gasteiger partial charge in [0.15, 0.2) is 0 Å². The highest BCUT2D eigenvalue weighted by Gasteiger charge is 2.24. The van der Waals surface area contributed by atoms with Gasteiger partial charge in [-0.15, -0.1) is 0 Å². The predicted octanol–water partition coefficient (Wildman–Crippen LogP) is 6.73. The van der Waals surface area contributed by atoms with Gasteiger partial charge in [0.1, 0.15) is 0 Å². The molecule has 0 radical (unpaired) electrons. The maximum absolute atomic E-state index is 5.53. The van der Waals surface area contributed by atoms with Crippen LogP contribution in [-0.2, 0) is 4.74 Å². The molecule has 0 unspecified atom stereocenters. The smallest absolute Gasteiger partial charge is 0.0471 e. The third-order valence-corrected chi connectivity index (χ3v) is 6.97. The van der Waals surface area contributed by atoms with Crippen LogP contribution in [0.3, 0.4) is 0 Å². The Morgan fingerprint density at radius 1 is 0.750 bits per heavy atom. The summed E-state index contributed by atoms with van der Waals surface area (Å²) in [5, 5.41) is 2.76. The van der Waals surface area contributed by atoms with Gasteiger partial charge in [0, 0.05) is 35.0 Å². The zero-order chi connectivity index (χ0) is 18.5. The van der Waals surface area contributed by atoms with E-state index in [1.807, 2.05) is 0 Å². The molecule has 0 amide bonds. The van der Waals surface area contributed by atoms with Gasteiger partial charge >= 0.3 is 0 Å². The van der Waals surface area contributed by atoms with Crippen LogP contribution in [0.15, 0.2) is 54.1 Å². The van der Waals surface area contributed by atoms with Crippen LogP contribution in [0, 0.1) is 5.92 Å². The molecule has 1 saturated carbocycles. The van der Waals surface area contributed by atoms with Gasteiger partial charge in [0.05, 0.1) is 0 Å². The fraction of sp³-hybridized carbons (Fsp3) is 0.385. The predicted molar refractivity (Wildman–Crippen MR) is 117 cm³/mol. The van der Waals surface area contributed by atoms with E-state index in [4.69, 9.17) is 4.74 Å². The SMILES string of the molecule is C1=C(c2ccc3[nH]c4ccc(C5CC5)cc4c3c2)CCC(C2CCOCC2)=C1. The zero-order valence-corrected chi connectivity index (χ0v) is 16.3. The number of ether oxygens (including phenoxy) is 1. The van der Waals surface area contributed by atoms with E-state index in [-0.39, 0.29) is 0 Å². The minimum Gasteiger partial charge on any atom is -0.381 e. The molecular weight excluding hydrogens is 342 g/mol. The standard InChI is InChI=1S/C26H27NO/c1-3-18(4-2-17(1)20-11-13-28-14-12-20)21-7-9-25-23(15-21)24-16-22(19-5-6-19)8-10-26(24)27-25/h1,3,7-10,15-16,19-20,27H,2,4-6,11-14H2. The molecule has 142 valence electrons. The summed E-state index contributed by atoms with van der Waals surface area (Å²) in [5.41, 5.74) is 8.52. The zero-order valence-electron chi connectivity index (χ0n) is 16.3. The Labute approximate surface area is 166 Å². The number of fused-ring (bicyclic) bond motifs is 3. The van der Waals surface area contributed by atoms with Crippen LogP contribution in [0.5, 0.6) is 0 Å². The van der Waals surface area contributed by atoms with Gasteiger partial charge in [-0.3, -0.25) is 0 Å². The molecule has 3 aromatic rings. The Morgan fingerprint density at radius 3 is 2.29 bits per heavy atom. The molecule has 1 N–H and O–H groups in total. The summed E-state index contributed by atoms with van der Waals surface area (Å²) in [6, 6.07) is 14.0.